The van der Waals surface area contributed by atoms with Gasteiger partial charge in [-0.2, -0.15) is 5.26 Å². The van der Waals surface area contributed by atoms with Gasteiger partial charge in [-0.3, -0.25) is 4.79 Å². The summed E-state index contributed by atoms with van der Waals surface area (Å²) in [5, 5.41) is 12.1. The average molecular weight is 306 g/mol. The summed E-state index contributed by atoms with van der Waals surface area (Å²) >= 11 is 0. The highest BCUT2D eigenvalue weighted by Crippen LogP contribution is 2.21. The molecule has 0 saturated heterocycles. The second kappa shape index (κ2) is 7.28. The van der Waals surface area contributed by atoms with E-state index in [2.05, 4.69) is 5.32 Å². The minimum atomic E-state index is -0.416. The summed E-state index contributed by atoms with van der Waals surface area (Å²) in [6.07, 6.45) is 1.56. The van der Waals surface area contributed by atoms with E-state index in [0.717, 1.165) is 28.1 Å². The van der Waals surface area contributed by atoms with Gasteiger partial charge in [-0.05, 0) is 48.7 Å². The number of nitrogens with one attached hydrogen (secondary N) is 1. The molecule has 116 valence electrons. The van der Waals surface area contributed by atoms with Crippen LogP contribution in [0.25, 0.3) is 6.08 Å². The topological polar surface area (TPSA) is 62.1 Å². The van der Waals surface area contributed by atoms with Crippen LogP contribution in [0.2, 0.25) is 0 Å². The van der Waals surface area contributed by atoms with E-state index in [1.54, 1.807) is 37.5 Å². The first-order valence-corrected chi connectivity index (χ1v) is 7.18. The summed E-state index contributed by atoms with van der Waals surface area (Å²) in [6, 6.07) is 14.9. The van der Waals surface area contributed by atoms with E-state index in [1.165, 1.54) is 0 Å². The van der Waals surface area contributed by atoms with Crippen LogP contribution in [0.3, 0.4) is 0 Å². The van der Waals surface area contributed by atoms with Gasteiger partial charge in [0, 0.05) is 5.69 Å². The van der Waals surface area contributed by atoms with E-state index in [0.29, 0.717) is 0 Å². The number of methoxy groups -OCH3 is 1. The van der Waals surface area contributed by atoms with Gasteiger partial charge in [-0.15, -0.1) is 0 Å². The van der Waals surface area contributed by atoms with Crippen molar-refractivity contribution in [3.63, 3.8) is 0 Å². The molecule has 0 fully saturated rings. The third-order valence-electron chi connectivity index (χ3n) is 3.51. The Kier molecular flexibility index (Phi) is 5.16. The molecule has 4 heteroatoms. The first-order chi connectivity index (χ1) is 11.0. The number of nitriles is 1. The van der Waals surface area contributed by atoms with E-state index < -0.39 is 5.91 Å². The molecule has 0 bridgehead atoms. The molecule has 0 heterocycles. The average Bonchev–Trinajstić information content (AvgIpc) is 2.56. The van der Waals surface area contributed by atoms with E-state index >= 15 is 0 Å². The Morgan fingerprint density at radius 3 is 2.26 bits per heavy atom. The highest BCUT2D eigenvalue weighted by Gasteiger charge is 2.12. The summed E-state index contributed by atoms with van der Waals surface area (Å²) in [5.74, 6) is 0.307. The molecule has 0 aliphatic heterocycles. The van der Waals surface area contributed by atoms with Crippen LogP contribution in [0.1, 0.15) is 16.7 Å². The van der Waals surface area contributed by atoms with Gasteiger partial charge in [0.15, 0.2) is 0 Å². The Morgan fingerprint density at radius 2 is 1.74 bits per heavy atom. The number of benzene rings is 2. The second-order valence-corrected chi connectivity index (χ2v) is 5.16. The zero-order valence-electron chi connectivity index (χ0n) is 13.4. The van der Waals surface area contributed by atoms with Crippen LogP contribution in [-0.4, -0.2) is 13.0 Å². The number of amides is 1. The number of hydrogen-bond acceptors (Lipinski definition) is 3. The number of rotatable bonds is 4. The molecule has 1 amide bonds. The molecule has 0 saturated carbocycles. The fourth-order valence-electron chi connectivity index (χ4n) is 2.21. The van der Waals surface area contributed by atoms with Crippen molar-refractivity contribution in [2.75, 3.05) is 12.4 Å². The molecule has 2 aromatic rings. The molecule has 0 spiro atoms. The van der Waals surface area contributed by atoms with Crippen molar-refractivity contribution in [1.82, 2.24) is 0 Å². The molecule has 0 aliphatic carbocycles. The number of anilines is 1. The van der Waals surface area contributed by atoms with E-state index in [1.807, 2.05) is 38.1 Å². The fraction of sp³-hybridized carbons (Fsp3) is 0.158. The first kappa shape index (κ1) is 16.3. The highest BCUT2D eigenvalue weighted by atomic mass is 16.5. The van der Waals surface area contributed by atoms with Crippen LogP contribution in [0.4, 0.5) is 5.69 Å². The van der Waals surface area contributed by atoms with Crippen LogP contribution in [-0.2, 0) is 4.79 Å². The van der Waals surface area contributed by atoms with Gasteiger partial charge < -0.3 is 10.1 Å². The fourth-order valence-corrected chi connectivity index (χ4v) is 2.21. The van der Waals surface area contributed by atoms with Crippen LogP contribution in [0, 0.1) is 25.2 Å². The molecule has 1 N–H and O–H groups in total. The normalized spacial score (nSPS) is 10.8. The van der Waals surface area contributed by atoms with E-state index in [-0.39, 0.29) is 5.57 Å². The smallest absolute Gasteiger partial charge is 0.266 e. The van der Waals surface area contributed by atoms with Gasteiger partial charge in [0.05, 0.1) is 7.11 Å². The maximum atomic E-state index is 12.3. The number of hydrogen-bond donors (Lipinski definition) is 1. The summed E-state index contributed by atoms with van der Waals surface area (Å²) in [4.78, 5) is 12.3. The lowest BCUT2D eigenvalue weighted by Crippen LogP contribution is -2.15. The zero-order valence-corrected chi connectivity index (χ0v) is 13.4. The number of para-hydroxylation sites is 1. The quantitative estimate of drug-likeness (QED) is 0.689. The molecule has 0 aromatic heterocycles. The van der Waals surface area contributed by atoms with Crippen molar-refractivity contribution in [3.8, 4) is 11.8 Å². The molecule has 0 unspecified atom stereocenters. The summed E-state index contributed by atoms with van der Waals surface area (Å²) in [7, 11) is 1.59. The summed E-state index contributed by atoms with van der Waals surface area (Å²) in [6.45, 7) is 3.84. The number of carbonyl (C=O) groups excluding carboxylic acids is 1. The second-order valence-electron chi connectivity index (χ2n) is 5.16. The maximum absolute atomic E-state index is 12.3. The lowest BCUT2D eigenvalue weighted by molar-refractivity contribution is -0.112. The maximum Gasteiger partial charge on any atom is 0.266 e. The lowest BCUT2D eigenvalue weighted by atomic mass is 10.1. The largest absolute Gasteiger partial charge is 0.497 e. The van der Waals surface area contributed by atoms with Crippen molar-refractivity contribution < 1.29 is 9.53 Å². The molecule has 0 radical (unpaired) electrons. The Hall–Kier alpha value is -3.06. The SMILES string of the molecule is COc1ccc(/C=C(/C#N)C(=O)Nc2c(C)cccc2C)cc1. The van der Waals surface area contributed by atoms with Crippen molar-refractivity contribution in [2.45, 2.75) is 13.8 Å². The van der Waals surface area contributed by atoms with Crippen molar-refractivity contribution >= 4 is 17.7 Å². The Labute approximate surface area is 136 Å². The number of nitrogens with zero attached hydrogens (tertiary/aromatic N) is 1. The molecule has 2 rings (SSSR count). The monoisotopic (exact) mass is 306 g/mol. The van der Waals surface area contributed by atoms with Gasteiger partial charge >= 0.3 is 0 Å². The predicted molar refractivity (Wildman–Crippen MR) is 91.1 cm³/mol. The molecule has 2 aromatic carbocycles. The van der Waals surface area contributed by atoms with E-state index in [9.17, 15) is 10.1 Å². The molecule has 0 aliphatic rings. The standard InChI is InChI=1S/C19H18N2O2/c1-13-5-4-6-14(2)18(13)21-19(22)16(12-20)11-15-7-9-17(23-3)10-8-15/h4-11H,1-3H3,(H,21,22)/b16-11-. The number of carbonyl (C=O) groups is 1. The number of ether oxygens (including phenoxy) is 1. The van der Waals surface area contributed by atoms with E-state index in [4.69, 9.17) is 4.74 Å². The van der Waals surface area contributed by atoms with Gasteiger partial charge in [0.1, 0.15) is 17.4 Å². The van der Waals surface area contributed by atoms with Crippen molar-refractivity contribution in [2.24, 2.45) is 0 Å². The third kappa shape index (κ3) is 3.98. The Morgan fingerprint density at radius 1 is 1.13 bits per heavy atom. The van der Waals surface area contributed by atoms with Crippen molar-refractivity contribution in [1.29, 1.82) is 5.26 Å². The lowest BCUT2D eigenvalue weighted by Gasteiger charge is -2.10. The highest BCUT2D eigenvalue weighted by molar-refractivity contribution is 6.10. The minimum absolute atomic E-state index is 0.0535. The Bertz CT molecular complexity index is 764. The van der Waals surface area contributed by atoms with Crippen LogP contribution < -0.4 is 10.1 Å². The molecular formula is C19H18N2O2. The van der Waals surface area contributed by atoms with Gasteiger partial charge in [0.25, 0.3) is 5.91 Å². The number of aryl methyl sites for hydroxylation is 2. The molecule has 0 atom stereocenters. The molecular weight excluding hydrogens is 288 g/mol. The van der Waals surface area contributed by atoms with Gasteiger partial charge in [-0.1, -0.05) is 30.3 Å². The first-order valence-electron chi connectivity index (χ1n) is 7.18. The van der Waals surface area contributed by atoms with Crippen molar-refractivity contribution in [3.05, 3.63) is 64.7 Å². The van der Waals surface area contributed by atoms with Gasteiger partial charge in [0.2, 0.25) is 0 Å². The Balaban J connectivity index is 2.24. The predicted octanol–water partition coefficient (Wildman–Crippen LogP) is 3.86. The van der Waals surface area contributed by atoms with Crippen LogP contribution in [0.15, 0.2) is 48.0 Å². The van der Waals surface area contributed by atoms with Crippen LogP contribution >= 0.6 is 0 Å². The van der Waals surface area contributed by atoms with Gasteiger partial charge in [-0.25, -0.2) is 0 Å². The third-order valence-corrected chi connectivity index (χ3v) is 3.51. The summed E-state index contributed by atoms with van der Waals surface area (Å²) < 4.78 is 5.09. The zero-order chi connectivity index (χ0) is 16.8. The molecule has 23 heavy (non-hydrogen) atoms. The minimum Gasteiger partial charge on any atom is -0.497 e. The summed E-state index contributed by atoms with van der Waals surface area (Å²) in [5.41, 5.74) is 3.48. The van der Waals surface area contributed by atoms with Crippen LogP contribution in [0.5, 0.6) is 5.75 Å². The molecule has 4 nitrogen and oxygen atoms in total.